The third-order valence-corrected chi connectivity index (χ3v) is 7.09. The van der Waals surface area contributed by atoms with E-state index >= 15 is 0 Å². The van der Waals surface area contributed by atoms with Crippen LogP contribution in [0.4, 0.5) is 11.4 Å². The maximum atomic E-state index is 13.1. The summed E-state index contributed by atoms with van der Waals surface area (Å²) in [5, 5.41) is 3.35. The lowest BCUT2D eigenvalue weighted by molar-refractivity contribution is 0.0947. The van der Waals surface area contributed by atoms with Crippen LogP contribution in [0.5, 0.6) is 11.5 Å². The molecule has 0 aliphatic carbocycles. The number of hydrogen-bond acceptors (Lipinski definition) is 4. The standard InChI is InChI=1S/C28H31N3O2/c1-5-30(6-2)19-13-15-23-25(17-19)33-26-18-20(31(7-3)8-4)14-16-24(26)28(23)22-12-10-9-11-21(22)27(32)29-28/h9-18H,5-8H2,1-4H3,(H,29,32). The fourth-order valence-electron chi connectivity index (χ4n) is 5.38. The lowest BCUT2D eigenvalue weighted by atomic mass is 9.75. The van der Waals surface area contributed by atoms with E-state index in [1.54, 1.807) is 0 Å². The van der Waals surface area contributed by atoms with Crippen molar-refractivity contribution in [2.24, 2.45) is 0 Å². The van der Waals surface area contributed by atoms with Gasteiger partial charge in [0.05, 0.1) is 0 Å². The second-order valence-corrected chi connectivity index (χ2v) is 8.56. The highest BCUT2D eigenvalue weighted by atomic mass is 16.5. The first kappa shape index (κ1) is 21.4. The summed E-state index contributed by atoms with van der Waals surface area (Å²) in [5.41, 5.74) is 5.12. The van der Waals surface area contributed by atoms with Crippen molar-refractivity contribution in [1.29, 1.82) is 0 Å². The molecule has 5 heteroatoms. The Labute approximate surface area is 196 Å². The zero-order valence-corrected chi connectivity index (χ0v) is 19.8. The molecule has 1 amide bonds. The molecule has 0 aromatic heterocycles. The van der Waals surface area contributed by atoms with E-state index in [1.807, 2.05) is 18.2 Å². The summed E-state index contributed by atoms with van der Waals surface area (Å²) < 4.78 is 6.57. The van der Waals surface area contributed by atoms with Gasteiger partial charge in [0, 0.05) is 66.4 Å². The van der Waals surface area contributed by atoms with Gasteiger partial charge < -0.3 is 19.9 Å². The summed E-state index contributed by atoms with van der Waals surface area (Å²) >= 11 is 0. The Morgan fingerprint density at radius 1 is 0.727 bits per heavy atom. The smallest absolute Gasteiger partial charge is 0.252 e. The number of amides is 1. The van der Waals surface area contributed by atoms with Crippen molar-refractivity contribution in [3.63, 3.8) is 0 Å². The number of anilines is 2. The highest BCUT2D eigenvalue weighted by Gasteiger charge is 2.51. The van der Waals surface area contributed by atoms with E-state index in [2.05, 4.69) is 85.3 Å². The van der Waals surface area contributed by atoms with Crippen LogP contribution in [-0.4, -0.2) is 32.1 Å². The number of benzene rings is 3. The average Bonchev–Trinajstić information content (AvgIpc) is 3.13. The van der Waals surface area contributed by atoms with Crippen molar-refractivity contribution in [2.75, 3.05) is 36.0 Å². The fourth-order valence-corrected chi connectivity index (χ4v) is 5.38. The quantitative estimate of drug-likeness (QED) is 0.547. The molecule has 0 saturated heterocycles. The van der Waals surface area contributed by atoms with Gasteiger partial charge in [-0.1, -0.05) is 30.3 Å². The molecule has 1 N–H and O–H groups in total. The van der Waals surface area contributed by atoms with Gasteiger partial charge in [-0.2, -0.15) is 0 Å². The molecule has 2 aliphatic rings. The van der Waals surface area contributed by atoms with E-state index in [4.69, 9.17) is 4.74 Å². The predicted molar refractivity (Wildman–Crippen MR) is 134 cm³/mol. The summed E-state index contributed by atoms with van der Waals surface area (Å²) in [6.07, 6.45) is 0. The van der Waals surface area contributed by atoms with Gasteiger partial charge in [0.25, 0.3) is 5.91 Å². The van der Waals surface area contributed by atoms with Gasteiger partial charge >= 0.3 is 0 Å². The lowest BCUT2D eigenvalue weighted by Gasteiger charge is -2.39. The van der Waals surface area contributed by atoms with Gasteiger partial charge in [-0.25, -0.2) is 0 Å². The van der Waals surface area contributed by atoms with E-state index in [0.29, 0.717) is 0 Å². The summed E-state index contributed by atoms with van der Waals surface area (Å²) in [4.78, 5) is 17.7. The Hall–Kier alpha value is -3.47. The summed E-state index contributed by atoms with van der Waals surface area (Å²) in [6, 6.07) is 20.6. The molecule has 2 aliphatic heterocycles. The summed E-state index contributed by atoms with van der Waals surface area (Å²) in [7, 11) is 0. The topological polar surface area (TPSA) is 44.8 Å². The minimum absolute atomic E-state index is 0.0509. The fraction of sp³-hybridized carbons (Fsp3) is 0.321. The molecular formula is C28H31N3O2. The Morgan fingerprint density at radius 2 is 1.24 bits per heavy atom. The second kappa shape index (κ2) is 8.14. The molecule has 5 rings (SSSR count). The predicted octanol–water partition coefficient (Wildman–Crippen LogP) is 5.52. The molecule has 170 valence electrons. The van der Waals surface area contributed by atoms with E-state index < -0.39 is 5.54 Å². The number of nitrogens with zero attached hydrogens (tertiary/aromatic N) is 2. The number of carbonyl (C=O) groups excluding carboxylic acids is 1. The Kier molecular flexibility index (Phi) is 5.28. The van der Waals surface area contributed by atoms with E-state index in [1.165, 1.54) is 0 Å². The number of fused-ring (bicyclic) bond motifs is 6. The van der Waals surface area contributed by atoms with E-state index in [0.717, 1.165) is 71.3 Å². The molecule has 0 bridgehead atoms. The third kappa shape index (κ3) is 3.10. The summed E-state index contributed by atoms with van der Waals surface area (Å²) in [6.45, 7) is 12.3. The first-order valence-electron chi connectivity index (χ1n) is 12.0. The van der Waals surface area contributed by atoms with Crippen LogP contribution in [-0.2, 0) is 5.54 Å². The van der Waals surface area contributed by atoms with Crippen molar-refractivity contribution in [3.05, 3.63) is 82.9 Å². The molecular weight excluding hydrogens is 410 g/mol. The molecule has 5 nitrogen and oxygen atoms in total. The number of rotatable bonds is 6. The van der Waals surface area contributed by atoms with E-state index in [9.17, 15) is 4.79 Å². The van der Waals surface area contributed by atoms with Crippen LogP contribution in [0, 0.1) is 0 Å². The molecule has 0 radical (unpaired) electrons. The Morgan fingerprint density at radius 3 is 1.76 bits per heavy atom. The molecule has 3 aromatic carbocycles. The molecule has 33 heavy (non-hydrogen) atoms. The van der Waals surface area contributed by atoms with E-state index in [-0.39, 0.29) is 5.91 Å². The normalized spacial score (nSPS) is 14.7. The van der Waals surface area contributed by atoms with Crippen LogP contribution in [0.3, 0.4) is 0 Å². The summed E-state index contributed by atoms with van der Waals surface area (Å²) in [5.74, 6) is 1.53. The van der Waals surface area contributed by atoms with Gasteiger partial charge in [0.15, 0.2) is 0 Å². The van der Waals surface area contributed by atoms with Crippen LogP contribution in [0.15, 0.2) is 60.7 Å². The van der Waals surface area contributed by atoms with Crippen LogP contribution in [0.1, 0.15) is 54.7 Å². The minimum Gasteiger partial charge on any atom is -0.456 e. The second-order valence-electron chi connectivity index (χ2n) is 8.56. The molecule has 1 spiro atoms. The average molecular weight is 442 g/mol. The van der Waals surface area contributed by atoms with Crippen molar-refractivity contribution >= 4 is 17.3 Å². The van der Waals surface area contributed by atoms with Crippen LogP contribution < -0.4 is 19.9 Å². The number of ether oxygens (including phenoxy) is 1. The molecule has 2 heterocycles. The van der Waals surface area contributed by atoms with Gasteiger partial charge in [-0.3, -0.25) is 4.79 Å². The first-order chi connectivity index (χ1) is 16.1. The number of hydrogen-bond donors (Lipinski definition) is 1. The molecule has 0 unspecified atom stereocenters. The van der Waals surface area contributed by atoms with Gasteiger partial charge in [0.1, 0.15) is 17.0 Å². The minimum atomic E-state index is -0.764. The highest BCUT2D eigenvalue weighted by Crippen LogP contribution is 2.54. The maximum absolute atomic E-state index is 13.1. The van der Waals surface area contributed by atoms with Gasteiger partial charge in [0.2, 0.25) is 0 Å². The lowest BCUT2D eigenvalue weighted by Crippen LogP contribution is -2.43. The van der Waals surface area contributed by atoms with Crippen LogP contribution >= 0.6 is 0 Å². The van der Waals surface area contributed by atoms with Gasteiger partial charge in [-0.05, 0) is 51.5 Å². The monoisotopic (exact) mass is 441 g/mol. The van der Waals surface area contributed by atoms with Crippen molar-refractivity contribution in [1.82, 2.24) is 5.32 Å². The third-order valence-electron chi connectivity index (χ3n) is 7.09. The molecule has 0 saturated carbocycles. The first-order valence-corrected chi connectivity index (χ1v) is 12.0. The Bertz CT molecular complexity index is 1150. The SMILES string of the molecule is CCN(CC)c1ccc2c(c1)Oc1cc(N(CC)CC)ccc1C21NC(=O)c2ccccc21. The van der Waals surface area contributed by atoms with Crippen molar-refractivity contribution < 1.29 is 9.53 Å². The van der Waals surface area contributed by atoms with Crippen molar-refractivity contribution in [2.45, 2.75) is 33.2 Å². The maximum Gasteiger partial charge on any atom is 0.252 e. The zero-order chi connectivity index (χ0) is 23.2. The molecule has 0 fully saturated rings. The molecule has 0 atom stereocenters. The largest absolute Gasteiger partial charge is 0.456 e. The Balaban J connectivity index is 1.76. The molecule has 3 aromatic rings. The van der Waals surface area contributed by atoms with Crippen molar-refractivity contribution in [3.8, 4) is 11.5 Å². The van der Waals surface area contributed by atoms with Gasteiger partial charge in [-0.15, -0.1) is 0 Å². The zero-order valence-electron chi connectivity index (χ0n) is 19.8. The highest BCUT2D eigenvalue weighted by molar-refractivity contribution is 6.02. The van der Waals surface area contributed by atoms with Crippen LogP contribution in [0.25, 0.3) is 0 Å². The number of carbonyl (C=O) groups is 1. The number of nitrogens with one attached hydrogen (secondary N) is 1. The van der Waals surface area contributed by atoms with Crippen LogP contribution in [0.2, 0.25) is 0 Å².